The fraction of sp³-hybridized carbons (Fsp3) is 1.00. The number of aliphatic hydroxyl groups is 1. The molecule has 8 heavy (non-hydrogen) atoms. The summed E-state index contributed by atoms with van der Waals surface area (Å²) in [5.74, 6) is 1.12. The minimum absolute atomic E-state index is 0.0561. The molecular formula is C5H9BrOS. The van der Waals surface area contributed by atoms with E-state index < -0.39 is 0 Å². The molecule has 0 spiro atoms. The van der Waals surface area contributed by atoms with Crippen molar-refractivity contribution in [1.29, 1.82) is 0 Å². The molecule has 1 nitrogen and oxygen atoms in total. The molecule has 1 aliphatic rings. The predicted octanol–water partition coefficient (Wildman–Crippen LogP) is 1.25. The van der Waals surface area contributed by atoms with E-state index in [0.717, 1.165) is 17.5 Å². The number of alkyl halides is 1. The van der Waals surface area contributed by atoms with Crippen LogP contribution in [0.3, 0.4) is 0 Å². The van der Waals surface area contributed by atoms with Crippen LogP contribution in [0.25, 0.3) is 0 Å². The lowest BCUT2D eigenvalue weighted by molar-refractivity contribution is 0.182. The first kappa shape index (κ1) is 6.90. The summed E-state index contributed by atoms with van der Waals surface area (Å²) >= 11 is 5.19. The monoisotopic (exact) mass is 196 g/mol. The highest BCUT2D eigenvalue weighted by molar-refractivity contribution is 9.09. The molecule has 0 radical (unpaired) electrons. The Balaban J connectivity index is 2.30. The molecule has 0 aromatic heterocycles. The fourth-order valence-electron chi connectivity index (χ4n) is 0.785. The Morgan fingerprint density at radius 1 is 1.75 bits per heavy atom. The Morgan fingerprint density at radius 3 is 2.75 bits per heavy atom. The standard InChI is InChI=1S/C5H9BrOS/c6-3-5-4(7)1-2-8-5/h4-5,7H,1-3H2. The molecule has 0 amide bonds. The van der Waals surface area contributed by atoms with Crippen LogP contribution in [0.5, 0.6) is 0 Å². The number of aliphatic hydroxyl groups excluding tert-OH is 1. The van der Waals surface area contributed by atoms with Gasteiger partial charge in [-0.2, -0.15) is 11.8 Å². The highest BCUT2D eigenvalue weighted by atomic mass is 79.9. The average Bonchev–Trinajstić information content (AvgIpc) is 2.14. The number of thioether (sulfide) groups is 1. The van der Waals surface area contributed by atoms with Gasteiger partial charge < -0.3 is 5.11 Å². The second-order valence-electron chi connectivity index (χ2n) is 1.92. The van der Waals surface area contributed by atoms with Gasteiger partial charge in [0.25, 0.3) is 0 Å². The smallest absolute Gasteiger partial charge is 0.0674 e. The molecule has 1 saturated heterocycles. The number of hydrogen-bond acceptors (Lipinski definition) is 2. The van der Waals surface area contributed by atoms with Crippen molar-refractivity contribution in [2.75, 3.05) is 11.1 Å². The first-order chi connectivity index (χ1) is 3.84. The van der Waals surface area contributed by atoms with Crippen molar-refractivity contribution in [3.8, 4) is 0 Å². The van der Waals surface area contributed by atoms with Gasteiger partial charge >= 0.3 is 0 Å². The number of halogens is 1. The topological polar surface area (TPSA) is 20.2 Å². The van der Waals surface area contributed by atoms with E-state index in [9.17, 15) is 0 Å². The third-order valence-electron chi connectivity index (χ3n) is 1.33. The molecule has 0 aliphatic carbocycles. The molecule has 1 rings (SSSR count). The van der Waals surface area contributed by atoms with Crippen LogP contribution in [-0.2, 0) is 0 Å². The molecule has 2 atom stereocenters. The molecule has 2 unspecified atom stereocenters. The van der Waals surface area contributed by atoms with Gasteiger partial charge in [0.15, 0.2) is 0 Å². The zero-order valence-corrected chi connectivity index (χ0v) is 6.91. The molecule has 0 aromatic rings. The van der Waals surface area contributed by atoms with Gasteiger partial charge in [0, 0.05) is 10.6 Å². The van der Waals surface area contributed by atoms with Gasteiger partial charge in [-0.25, -0.2) is 0 Å². The fourth-order valence-corrected chi connectivity index (χ4v) is 2.90. The number of hydrogen-bond donors (Lipinski definition) is 1. The van der Waals surface area contributed by atoms with Crippen LogP contribution in [0.1, 0.15) is 6.42 Å². The predicted molar refractivity (Wildman–Crippen MR) is 40.7 cm³/mol. The zero-order chi connectivity index (χ0) is 5.98. The van der Waals surface area contributed by atoms with E-state index in [1.165, 1.54) is 0 Å². The van der Waals surface area contributed by atoms with Crippen LogP contribution in [-0.4, -0.2) is 27.5 Å². The molecule has 0 saturated carbocycles. The Bertz CT molecular complexity index is 78.8. The van der Waals surface area contributed by atoms with Crippen molar-refractivity contribution in [2.45, 2.75) is 17.8 Å². The summed E-state index contributed by atoms with van der Waals surface area (Å²) < 4.78 is 0. The minimum Gasteiger partial charge on any atom is -0.392 e. The highest BCUT2D eigenvalue weighted by Gasteiger charge is 2.23. The first-order valence-electron chi connectivity index (χ1n) is 2.70. The summed E-state index contributed by atoms with van der Waals surface area (Å²) in [4.78, 5) is 0. The SMILES string of the molecule is OC1CCSC1CBr. The van der Waals surface area contributed by atoms with Crippen molar-refractivity contribution in [1.82, 2.24) is 0 Å². The summed E-state index contributed by atoms with van der Waals surface area (Å²) in [6.45, 7) is 0. The van der Waals surface area contributed by atoms with E-state index in [-0.39, 0.29) is 6.10 Å². The lowest BCUT2D eigenvalue weighted by Gasteiger charge is -2.07. The Labute approximate surface area is 62.0 Å². The van der Waals surface area contributed by atoms with Crippen LogP contribution in [0.15, 0.2) is 0 Å². The molecule has 3 heteroatoms. The van der Waals surface area contributed by atoms with Gasteiger partial charge in [0.1, 0.15) is 0 Å². The molecular weight excluding hydrogens is 188 g/mol. The Hall–Kier alpha value is 0.790. The maximum atomic E-state index is 9.14. The minimum atomic E-state index is -0.0561. The van der Waals surface area contributed by atoms with Crippen molar-refractivity contribution < 1.29 is 5.11 Å². The third kappa shape index (κ3) is 1.39. The summed E-state index contributed by atoms with van der Waals surface area (Å²) in [6.07, 6.45) is 0.917. The molecule has 0 aromatic carbocycles. The van der Waals surface area contributed by atoms with Gasteiger partial charge in [-0.1, -0.05) is 15.9 Å². The van der Waals surface area contributed by atoms with E-state index in [1.54, 1.807) is 0 Å². The van der Waals surface area contributed by atoms with E-state index >= 15 is 0 Å². The molecule has 0 bridgehead atoms. The van der Waals surface area contributed by atoms with Crippen LogP contribution >= 0.6 is 27.7 Å². The highest BCUT2D eigenvalue weighted by Crippen LogP contribution is 2.27. The Kier molecular flexibility index (Phi) is 2.66. The molecule has 1 N–H and O–H groups in total. The lowest BCUT2D eigenvalue weighted by atomic mass is 10.2. The third-order valence-corrected chi connectivity index (χ3v) is 3.83. The summed E-state index contributed by atoms with van der Waals surface area (Å²) in [5.41, 5.74) is 0. The van der Waals surface area contributed by atoms with Crippen LogP contribution in [0.2, 0.25) is 0 Å². The van der Waals surface area contributed by atoms with Crippen molar-refractivity contribution in [2.24, 2.45) is 0 Å². The van der Waals surface area contributed by atoms with E-state index in [1.807, 2.05) is 11.8 Å². The van der Waals surface area contributed by atoms with Crippen LogP contribution in [0.4, 0.5) is 0 Å². The zero-order valence-electron chi connectivity index (χ0n) is 4.51. The normalized spacial score (nSPS) is 38.2. The van der Waals surface area contributed by atoms with E-state index in [2.05, 4.69) is 15.9 Å². The van der Waals surface area contributed by atoms with Crippen LogP contribution < -0.4 is 0 Å². The molecule has 48 valence electrons. The van der Waals surface area contributed by atoms with Crippen LogP contribution in [0, 0.1) is 0 Å². The maximum absolute atomic E-state index is 9.14. The quantitative estimate of drug-likeness (QED) is 0.638. The second kappa shape index (κ2) is 3.08. The van der Waals surface area contributed by atoms with E-state index in [0.29, 0.717) is 5.25 Å². The molecule has 1 fully saturated rings. The number of rotatable bonds is 1. The largest absolute Gasteiger partial charge is 0.392 e. The van der Waals surface area contributed by atoms with Crippen molar-refractivity contribution in [3.63, 3.8) is 0 Å². The van der Waals surface area contributed by atoms with Gasteiger partial charge in [-0.05, 0) is 12.2 Å². The lowest BCUT2D eigenvalue weighted by Crippen LogP contribution is -2.17. The summed E-state index contributed by atoms with van der Waals surface area (Å²) in [5, 5.41) is 10.5. The summed E-state index contributed by atoms with van der Waals surface area (Å²) in [7, 11) is 0. The van der Waals surface area contributed by atoms with Gasteiger partial charge in [0.2, 0.25) is 0 Å². The Morgan fingerprint density at radius 2 is 2.50 bits per heavy atom. The van der Waals surface area contributed by atoms with Gasteiger partial charge in [0.05, 0.1) is 6.10 Å². The van der Waals surface area contributed by atoms with Gasteiger partial charge in [-0.3, -0.25) is 0 Å². The average molecular weight is 197 g/mol. The molecule has 1 heterocycles. The summed E-state index contributed by atoms with van der Waals surface area (Å²) in [6, 6.07) is 0. The second-order valence-corrected chi connectivity index (χ2v) is 3.91. The maximum Gasteiger partial charge on any atom is 0.0674 e. The van der Waals surface area contributed by atoms with E-state index in [4.69, 9.17) is 5.11 Å². The van der Waals surface area contributed by atoms with Gasteiger partial charge in [-0.15, -0.1) is 0 Å². The van der Waals surface area contributed by atoms with Crippen molar-refractivity contribution >= 4 is 27.7 Å². The molecule has 1 aliphatic heterocycles. The first-order valence-corrected chi connectivity index (χ1v) is 4.87. The van der Waals surface area contributed by atoms with Crippen molar-refractivity contribution in [3.05, 3.63) is 0 Å².